The summed E-state index contributed by atoms with van der Waals surface area (Å²) >= 11 is 5.73. The van der Waals surface area contributed by atoms with E-state index in [0.29, 0.717) is 23.0 Å². The highest BCUT2D eigenvalue weighted by Crippen LogP contribution is 2.31. The maximum Gasteiger partial charge on any atom is 0.142 e. The summed E-state index contributed by atoms with van der Waals surface area (Å²) < 4.78 is 15.7. The molecule has 0 amide bonds. The molecule has 1 heterocycles. The number of aromatic nitrogens is 2. The summed E-state index contributed by atoms with van der Waals surface area (Å²) in [5.74, 6) is 1.74. The van der Waals surface area contributed by atoms with Crippen LogP contribution in [0.3, 0.4) is 0 Å². The lowest BCUT2D eigenvalue weighted by Gasteiger charge is -2.14. The Bertz CT molecular complexity index is 647. The van der Waals surface area contributed by atoms with Crippen LogP contribution in [0.25, 0.3) is 11.3 Å². The minimum atomic E-state index is -0.460. The van der Waals surface area contributed by atoms with Crippen LogP contribution in [0.15, 0.2) is 18.2 Å². The van der Waals surface area contributed by atoms with E-state index in [-0.39, 0.29) is 10.9 Å². The molecule has 0 fully saturated rings. The molecule has 1 aromatic carbocycles. The van der Waals surface area contributed by atoms with Crippen LogP contribution in [-0.4, -0.2) is 9.55 Å². The fourth-order valence-electron chi connectivity index (χ4n) is 2.34. The fourth-order valence-corrected chi connectivity index (χ4v) is 2.45. The Kier molecular flexibility index (Phi) is 4.57. The van der Waals surface area contributed by atoms with Crippen molar-refractivity contribution < 1.29 is 4.39 Å². The van der Waals surface area contributed by atoms with Gasteiger partial charge in [-0.2, -0.15) is 0 Å². The second-order valence-corrected chi connectivity index (χ2v) is 6.40. The van der Waals surface area contributed by atoms with Gasteiger partial charge < -0.3 is 10.3 Å². The first-order chi connectivity index (χ1) is 9.81. The van der Waals surface area contributed by atoms with Crippen molar-refractivity contribution in [2.75, 3.05) is 5.73 Å². The molecule has 0 spiro atoms. The summed E-state index contributed by atoms with van der Waals surface area (Å²) in [6.07, 6.45) is 0. The van der Waals surface area contributed by atoms with Crippen molar-refractivity contribution >= 4 is 17.4 Å². The number of benzene rings is 1. The van der Waals surface area contributed by atoms with E-state index in [4.69, 9.17) is 17.3 Å². The first kappa shape index (κ1) is 15.8. The van der Waals surface area contributed by atoms with Gasteiger partial charge >= 0.3 is 0 Å². The number of hydrogen-bond acceptors (Lipinski definition) is 2. The average Bonchev–Trinajstić information content (AvgIpc) is 2.70. The molecule has 0 unspecified atom stereocenters. The lowest BCUT2D eigenvalue weighted by atomic mass is 10.1. The Balaban J connectivity index is 2.56. The van der Waals surface area contributed by atoms with Crippen LogP contribution in [-0.2, 0) is 6.54 Å². The standard InChI is InChI=1S/C16H21ClFN3/c1-9(2)8-21-15(19)14(20-16(21)10(3)4)11-5-6-12(17)13(18)7-11/h5-7,9-10H,8,19H2,1-4H3. The predicted molar refractivity (Wildman–Crippen MR) is 86.0 cm³/mol. The number of nitrogens with two attached hydrogens (primary N) is 1. The minimum absolute atomic E-state index is 0.100. The van der Waals surface area contributed by atoms with E-state index in [0.717, 1.165) is 12.4 Å². The first-order valence-corrected chi connectivity index (χ1v) is 7.50. The highest BCUT2D eigenvalue weighted by molar-refractivity contribution is 6.30. The lowest BCUT2D eigenvalue weighted by molar-refractivity contribution is 0.502. The molecule has 5 heteroatoms. The molecule has 21 heavy (non-hydrogen) atoms. The average molecular weight is 310 g/mol. The number of halogens is 2. The van der Waals surface area contributed by atoms with E-state index in [1.54, 1.807) is 6.07 Å². The summed E-state index contributed by atoms with van der Waals surface area (Å²) in [5.41, 5.74) is 7.53. The number of nitrogen functional groups attached to an aromatic ring is 1. The zero-order valence-corrected chi connectivity index (χ0v) is 13.6. The third-order valence-electron chi connectivity index (χ3n) is 3.29. The van der Waals surface area contributed by atoms with Gasteiger partial charge in [-0.15, -0.1) is 0 Å². The summed E-state index contributed by atoms with van der Waals surface area (Å²) in [6.45, 7) is 9.20. The van der Waals surface area contributed by atoms with Crippen molar-refractivity contribution in [1.29, 1.82) is 0 Å². The predicted octanol–water partition coefficient (Wildman–Crippen LogP) is 4.70. The Labute approximate surface area is 129 Å². The van der Waals surface area contributed by atoms with Crippen LogP contribution in [0.5, 0.6) is 0 Å². The molecular weight excluding hydrogens is 289 g/mol. The zero-order valence-electron chi connectivity index (χ0n) is 12.8. The third kappa shape index (κ3) is 3.21. The zero-order chi connectivity index (χ0) is 15.7. The van der Waals surface area contributed by atoms with E-state index in [2.05, 4.69) is 32.7 Å². The fraction of sp³-hybridized carbons (Fsp3) is 0.438. The Morgan fingerprint density at radius 3 is 2.48 bits per heavy atom. The van der Waals surface area contributed by atoms with Crippen molar-refractivity contribution in [3.05, 3.63) is 34.9 Å². The molecule has 114 valence electrons. The molecule has 0 aliphatic rings. The summed E-state index contributed by atoms with van der Waals surface area (Å²) in [5, 5.41) is 0.100. The highest BCUT2D eigenvalue weighted by atomic mass is 35.5. The number of hydrogen-bond donors (Lipinski definition) is 1. The van der Waals surface area contributed by atoms with Crippen LogP contribution in [0, 0.1) is 11.7 Å². The van der Waals surface area contributed by atoms with Gasteiger partial charge in [-0.1, -0.05) is 45.4 Å². The molecule has 0 bridgehead atoms. The Morgan fingerprint density at radius 1 is 1.29 bits per heavy atom. The van der Waals surface area contributed by atoms with Gasteiger partial charge in [0.25, 0.3) is 0 Å². The number of imidazole rings is 1. The second-order valence-electron chi connectivity index (χ2n) is 5.99. The molecule has 0 saturated carbocycles. The lowest BCUT2D eigenvalue weighted by Crippen LogP contribution is -2.12. The topological polar surface area (TPSA) is 43.8 Å². The molecule has 0 aliphatic heterocycles. The normalized spacial score (nSPS) is 11.6. The summed E-state index contributed by atoms with van der Waals surface area (Å²) in [7, 11) is 0. The molecular formula is C16H21ClFN3. The van der Waals surface area contributed by atoms with Crippen molar-refractivity contribution in [2.24, 2.45) is 5.92 Å². The van der Waals surface area contributed by atoms with Gasteiger partial charge in [-0.25, -0.2) is 9.37 Å². The van der Waals surface area contributed by atoms with Crippen LogP contribution in [0.4, 0.5) is 10.2 Å². The van der Waals surface area contributed by atoms with Crippen molar-refractivity contribution in [3.63, 3.8) is 0 Å². The maximum absolute atomic E-state index is 13.7. The van der Waals surface area contributed by atoms with Gasteiger partial charge in [0.1, 0.15) is 23.2 Å². The van der Waals surface area contributed by atoms with Gasteiger partial charge in [-0.05, 0) is 18.1 Å². The van der Waals surface area contributed by atoms with Gasteiger partial charge in [-0.3, -0.25) is 0 Å². The van der Waals surface area contributed by atoms with E-state index >= 15 is 0 Å². The molecule has 3 nitrogen and oxygen atoms in total. The van der Waals surface area contributed by atoms with Crippen LogP contribution < -0.4 is 5.73 Å². The van der Waals surface area contributed by atoms with Gasteiger partial charge in [0.05, 0.1) is 5.02 Å². The number of rotatable bonds is 4. The summed E-state index contributed by atoms with van der Waals surface area (Å²) in [4.78, 5) is 4.63. The molecule has 0 atom stereocenters. The Morgan fingerprint density at radius 2 is 1.95 bits per heavy atom. The molecule has 2 aromatic rings. The number of anilines is 1. The third-order valence-corrected chi connectivity index (χ3v) is 3.60. The molecule has 0 radical (unpaired) electrons. The van der Waals surface area contributed by atoms with Gasteiger partial charge in [0.15, 0.2) is 0 Å². The molecule has 0 saturated heterocycles. The van der Waals surface area contributed by atoms with Gasteiger partial charge in [0.2, 0.25) is 0 Å². The SMILES string of the molecule is CC(C)Cn1c(C(C)C)nc(-c2ccc(Cl)c(F)c2)c1N. The van der Waals surface area contributed by atoms with E-state index in [1.807, 2.05) is 4.57 Å². The first-order valence-electron chi connectivity index (χ1n) is 7.12. The van der Waals surface area contributed by atoms with Crippen LogP contribution >= 0.6 is 11.6 Å². The molecule has 0 aliphatic carbocycles. The quantitative estimate of drug-likeness (QED) is 0.889. The molecule has 1 aromatic heterocycles. The van der Waals surface area contributed by atoms with Crippen molar-refractivity contribution in [3.8, 4) is 11.3 Å². The maximum atomic E-state index is 13.7. The summed E-state index contributed by atoms with van der Waals surface area (Å²) in [6, 6.07) is 4.65. The van der Waals surface area contributed by atoms with Crippen molar-refractivity contribution in [2.45, 2.75) is 40.2 Å². The van der Waals surface area contributed by atoms with E-state index in [1.165, 1.54) is 12.1 Å². The molecule has 2 rings (SSSR count). The van der Waals surface area contributed by atoms with Crippen molar-refractivity contribution in [1.82, 2.24) is 9.55 Å². The van der Waals surface area contributed by atoms with Crippen LogP contribution in [0.2, 0.25) is 5.02 Å². The minimum Gasteiger partial charge on any atom is -0.383 e. The van der Waals surface area contributed by atoms with Crippen LogP contribution in [0.1, 0.15) is 39.4 Å². The Hall–Kier alpha value is -1.55. The second kappa shape index (κ2) is 6.06. The monoisotopic (exact) mass is 309 g/mol. The van der Waals surface area contributed by atoms with Gasteiger partial charge in [0, 0.05) is 18.0 Å². The van der Waals surface area contributed by atoms with E-state index < -0.39 is 5.82 Å². The highest BCUT2D eigenvalue weighted by Gasteiger charge is 2.19. The number of nitrogens with zero attached hydrogens (tertiary/aromatic N) is 2. The van der Waals surface area contributed by atoms with E-state index in [9.17, 15) is 4.39 Å². The molecule has 2 N–H and O–H groups in total. The largest absolute Gasteiger partial charge is 0.383 e. The smallest absolute Gasteiger partial charge is 0.142 e.